The van der Waals surface area contributed by atoms with Crippen LogP contribution < -0.4 is 10.2 Å². The number of imide groups is 2. The quantitative estimate of drug-likeness (QED) is 0.541. The van der Waals surface area contributed by atoms with Crippen LogP contribution in [0, 0.1) is 12.3 Å². The van der Waals surface area contributed by atoms with Crippen LogP contribution in [0.3, 0.4) is 0 Å². The third kappa shape index (κ3) is 3.32. The molecule has 0 bridgehead atoms. The van der Waals surface area contributed by atoms with Gasteiger partial charge in [-0.25, -0.2) is 9.78 Å². The molecule has 0 radical (unpaired) electrons. The van der Waals surface area contributed by atoms with Crippen molar-refractivity contribution in [3.63, 3.8) is 0 Å². The van der Waals surface area contributed by atoms with Crippen molar-refractivity contribution in [2.45, 2.75) is 45.2 Å². The molecule has 4 heterocycles. The first-order valence-corrected chi connectivity index (χ1v) is 12.3. The third-order valence-corrected chi connectivity index (χ3v) is 7.99. The number of fused-ring (bicyclic) bond motifs is 5. The number of benzene rings is 2. The van der Waals surface area contributed by atoms with Crippen LogP contribution in [0.5, 0.6) is 0 Å². The van der Waals surface area contributed by atoms with Crippen LogP contribution in [-0.4, -0.2) is 40.3 Å². The van der Waals surface area contributed by atoms with Gasteiger partial charge in [-0.1, -0.05) is 41.4 Å². The van der Waals surface area contributed by atoms with Crippen LogP contribution >= 0.6 is 11.6 Å². The number of carbonyl (C=O) groups is 3. The summed E-state index contributed by atoms with van der Waals surface area (Å²) in [5.41, 5.74) is 2.12. The number of amides is 4. The fourth-order valence-electron chi connectivity index (χ4n) is 5.92. The Balaban J connectivity index is 1.48. The Labute approximate surface area is 208 Å². The molecule has 2 aromatic carbocycles. The van der Waals surface area contributed by atoms with Crippen molar-refractivity contribution in [2.24, 2.45) is 5.41 Å². The predicted molar refractivity (Wildman–Crippen MR) is 133 cm³/mol. The van der Waals surface area contributed by atoms with E-state index >= 15 is 0 Å². The highest BCUT2D eigenvalue weighted by molar-refractivity contribution is 6.31. The van der Waals surface area contributed by atoms with Gasteiger partial charge in [-0.3, -0.25) is 19.8 Å². The zero-order valence-electron chi connectivity index (χ0n) is 19.4. The number of halogens is 1. The number of aromatic nitrogens is 1. The van der Waals surface area contributed by atoms with Crippen LogP contribution in [0.25, 0.3) is 10.9 Å². The number of anilines is 1. The van der Waals surface area contributed by atoms with Gasteiger partial charge in [0.2, 0.25) is 11.8 Å². The molecular weight excluding hydrogens is 464 g/mol. The number of hydrogen-bond donors (Lipinski definition) is 1. The summed E-state index contributed by atoms with van der Waals surface area (Å²) in [6, 6.07) is 14.2. The van der Waals surface area contributed by atoms with Gasteiger partial charge in [-0.15, -0.1) is 0 Å². The van der Waals surface area contributed by atoms with Crippen molar-refractivity contribution in [2.75, 3.05) is 11.4 Å². The van der Waals surface area contributed by atoms with Gasteiger partial charge in [0.1, 0.15) is 5.82 Å². The van der Waals surface area contributed by atoms with Crippen molar-refractivity contribution >= 4 is 46.2 Å². The van der Waals surface area contributed by atoms with Crippen LogP contribution in [0.1, 0.15) is 36.0 Å². The maximum absolute atomic E-state index is 14.2. The van der Waals surface area contributed by atoms with Crippen molar-refractivity contribution in [3.05, 3.63) is 70.2 Å². The third-order valence-electron chi connectivity index (χ3n) is 7.62. The van der Waals surface area contributed by atoms with Gasteiger partial charge in [-0.2, -0.15) is 0 Å². The second kappa shape index (κ2) is 8.05. The minimum Gasteiger partial charge on any atom is -0.352 e. The number of urea groups is 1. The van der Waals surface area contributed by atoms with Crippen LogP contribution in [0.15, 0.2) is 48.5 Å². The lowest BCUT2D eigenvalue weighted by Crippen LogP contribution is -2.72. The molecular formula is C27H25ClN4O3. The van der Waals surface area contributed by atoms with E-state index in [1.807, 2.05) is 31.2 Å². The zero-order chi connectivity index (χ0) is 24.3. The number of carbonyl (C=O) groups excluding carboxylic acids is 3. The molecule has 2 fully saturated rings. The zero-order valence-corrected chi connectivity index (χ0v) is 20.1. The molecule has 1 N–H and O–H groups in total. The normalized spacial score (nSPS) is 23.9. The van der Waals surface area contributed by atoms with Crippen molar-refractivity contribution in [3.8, 4) is 0 Å². The summed E-state index contributed by atoms with van der Waals surface area (Å²) in [5.74, 6) is -0.139. The minimum atomic E-state index is -1.40. The maximum Gasteiger partial charge on any atom is 0.331 e. The number of barbiturate groups is 1. The Morgan fingerprint density at radius 1 is 1.11 bits per heavy atom. The molecule has 4 amide bonds. The summed E-state index contributed by atoms with van der Waals surface area (Å²) in [4.78, 5) is 48.9. The molecule has 0 saturated carbocycles. The molecule has 0 aliphatic carbocycles. The van der Waals surface area contributed by atoms with Gasteiger partial charge >= 0.3 is 6.03 Å². The monoisotopic (exact) mass is 488 g/mol. The molecule has 3 aliphatic rings. The Hall–Kier alpha value is -3.45. The Kier molecular flexibility index (Phi) is 5.07. The summed E-state index contributed by atoms with van der Waals surface area (Å²) in [7, 11) is 0. The molecule has 8 heteroatoms. The first-order valence-electron chi connectivity index (χ1n) is 12.0. The van der Waals surface area contributed by atoms with E-state index in [0.29, 0.717) is 23.6 Å². The highest BCUT2D eigenvalue weighted by Crippen LogP contribution is 2.47. The largest absolute Gasteiger partial charge is 0.352 e. The van der Waals surface area contributed by atoms with E-state index in [0.717, 1.165) is 45.6 Å². The fourth-order valence-corrected chi connectivity index (χ4v) is 6.12. The average molecular weight is 489 g/mol. The predicted octanol–water partition coefficient (Wildman–Crippen LogP) is 4.38. The van der Waals surface area contributed by atoms with E-state index in [9.17, 15) is 14.4 Å². The highest BCUT2D eigenvalue weighted by atomic mass is 35.5. The van der Waals surface area contributed by atoms with E-state index in [1.165, 1.54) is 0 Å². The Morgan fingerprint density at radius 2 is 1.94 bits per heavy atom. The number of nitrogens with one attached hydrogen (secondary N) is 1. The molecule has 0 unspecified atom stereocenters. The molecule has 3 aromatic rings. The molecule has 6 rings (SSSR count). The standard InChI is InChI=1S/C27H25ClN4O3/c1-16-9-10-21-18(12-16)13-19-14-27(22-8-4-5-11-31(22)23(19)29-21)24(33)30-26(35)32(25(27)34)15-17-6-2-3-7-20(17)28/h2-3,6-7,9-10,12-13,22H,4-5,8,11,14-15H2,1H3,(H,30,33,35)/t22-,27+/m0/s1. The first-order chi connectivity index (χ1) is 16.9. The molecule has 7 nitrogen and oxygen atoms in total. The van der Waals surface area contributed by atoms with Crippen molar-refractivity contribution in [1.82, 2.24) is 15.2 Å². The van der Waals surface area contributed by atoms with E-state index < -0.39 is 23.3 Å². The molecule has 3 aliphatic heterocycles. The van der Waals surface area contributed by atoms with Crippen LogP contribution in [-0.2, 0) is 22.6 Å². The molecule has 35 heavy (non-hydrogen) atoms. The lowest BCUT2D eigenvalue weighted by molar-refractivity contribution is -0.154. The van der Waals surface area contributed by atoms with Gasteiger partial charge in [0.05, 0.1) is 18.1 Å². The smallest absolute Gasteiger partial charge is 0.331 e. The average Bonchev–Trinajstić information content (AvgIpc) is 2.85. The topological polar surface area (TPSA) is 82.6 Å². The number of pyridine rings is 1. The number of hydrogen-bond acceptors (Lipinski definition) is 5. The highest BCUT2D eigenvalue weighted by Gasteiger charge is 2.62. The Bertz CT molecular complexity index is 1410. The molecule has 1 spiro atoms. The summed E-state index contributed by atoms with van der Waals surface area (Å²) in [6.07, 6.45) is 2.75. The number of nitrogens with zero attached hydrogens (tertiary/aromatic N) is 3. The summed E-state index contributed by atoms with van der Waals surface area (Å²) < 4.78 is 0. The van der Waals surface area contributed by atoms with E-state index in [-0.39, 0.29) is 19.0 Å². The molecule has 178 valence electrons. The number of aryl methyl sites for hydroxylation is 1. The van der Waals surface area contributed by atoms with Gasteiger partial charge in [0.25, 0.3) is 0 Å². The summed E-state index contributed by atoms with van der Waals surface area (Å²) in [6.45, 7) is 2.74. The maximum atomic E-state index is 14.2. The van der Waals surface area contributed by atoms with E-state index in [2.05, 4.69) is 16.3 Å². The lowest BCUT2D eigenvalue weighted by Gasteiger charge is -2.53. The number of piperidine rings is 1. The van der Waals surface area contributed by atoms with E-state index in [4.69, 9.17) is 16.6 Å². The van der Waals surface area contributed by atoms with E-state index in [1.54, 1.807) is 18.2 Å². The van der Waals surface area contributed by atoms with Gasteiger partial charge < -0.3 is 4.90 Å². The van der Waals surface area contributed by atoms with Crippen molar-refractivity contribution in [1.29, 1.82) is 0 Å². The first kappa shape index (κ1) is 22.0. The van der Waals surface area contributed by atoms with Crippen LogP contribution in [0.2, 0.25) is 5.02 Å². The van der Waals surface area contributed by atoms with Gasteiger partial charge in [0.15, 0.2) is 5.41 Å². The minimum absolute atomic E-state index is 0.00805. The van der Waals surface area contributed by atoms with Gasteiger partial charge in [-0.05, 0) is 61.6 Å². The fraction of sp³-hybridized carbons (Fsp3) is 0.333. The summed E-state index contributed by atoms with van der Waals surface area (Å²) in [5, 5.41) is 3.95. The van der Waals surface area contributed by atoms with Crippen LogP contribution in [0.4, 0.5) is 10.6 Å². The molecule has 2 atom stereocenters. The molecule has 1 aromatic heterocycles. The SMILES string of the molecule is Cc1ccc2nc3c(cc2c1)C[C@]1(C(=O)NC(=O)N(Cc2ccccc2Cl)C1=O)[C@@H]1CCCCN31. The van der Waals surface area contributed by atoms with Gasteiger partial charge in [0, 0.05) is 23.4 Å². The molecule has 2 saturated heterocycles. The second-order valence-electron chi connectivity index (χ2n) is 9.76. The van der Waals surface area contributed by atoms with Crippen molar-refractivity contribution < 1.29 is 14.4 Å². The second-order valence-corrected chi connectivity index (χ2v) is 10.2. The Morgan fingerprint density at radius 3 is 2.77 bits per heavy atom. The summed E-state index contributed by atoms with van der Waals surface area (Å²) >= 11 is 6.34. The number of rotatable bonds is 2. The lowest BCUT2D eigenvalue weighted by atomic mass is 9.66.